The van der Waals surface area contributed by atoms with Crippen LogP contribution >= 0.6 is 0 Å². The van der Waals surface area contributed by atoms with E-state index < -0.39 is 0 Å². The summed E-state index contributed by atoms with van der Waals surface area (Å²) in [4.78, 5) is 10.5. The van der Waals surface area contributed by atoms with Crippen molar-refractivity contribution in [2.45, 2.75) is 18.6 Å². The zero-order valence-corrected chi connectivity index (χ0v) is 12.8. The van der Waals surface area contributed by atoms with Gasteiger partial charge in [-0.2, -0.15) is 5.26 Å². The van der Waals surface area contributed by atoms with E-state index in [-0.39, 0.29) is 12.1 Å². The second kappa shape index (κ2) is 6.98. The highest BCUT2D eigenvalue weighted by Crippen LogP contribution is 2.25. The summed E-state index contributed by atoms with van der Waals surface area (Å²) in [6, 6.07) is 7.47. The van der Waals surface area contributed by atoms with Crippen LogP contribution in [0.4, 0.5) is 11.6 Å². The van der Waals surface area contributed by atoms with E-state index in [1.54, 1.807) is 31.8 Å². The van der Waals surface area contributed by atoms with Crippen LogP contribution in [-0.2, 0) is 4.74 Å². The highest BCUT2D eigenvalue weighted by Gasteiger charge is 2.32. The number of methoxy groups -OCH3 is 1. The largest absolute Gasteiger partial charge is 0.380 e. The van der Waals surface area contributed by atoms with Gasteiger partial charge in [0.2, 0.25) is 0 Å². The molecule has 2 aromatic rings. The highest BCUT2D eigenvalue weighted by molar-refractivity contribution is 5.42. The minimum absolute atomic E-state index is 0.170. The number of hydrogen-bond acceptors (Lipinski definition) is 8. The number of ether oxygens (including phenoxy) is 1. The lowest BCUT2D eigenvalue weighted by atomic mass is 10.2. The van der Waals surface area contributed by atoms with Gasteiger partial charge in [0, 0.05) is 26.4 Å². The fraction of sp³-hybridized carbons (Fsp3) is 0.400. The molecule has 0 radical (unpaired) electrons. The van der Waals surface area contributed by atoms with Crippen LogP contribution < -0.4 is 10.2 Å². The molecule has 0 aromatic carbocycles. The van der Waals surface area contributed by atoms with Gasteiger partial charge < -0.3 is 15.0 Å². The van der Waals surface area contributed by atoms with Gasteiger partial charge in [0.05, 0.1) is 12.1 Å². The molecule has 118 valence electrons. The molecule has 3 heterocycles. The molecule has 2 aromatic heterocycles. The van der Waals surface area contributed by atoms with E-state index in [1.807, 2.05) is 12.1 Å². The Morgan fingerprint density at radius 2 is 2.30 bits per heavy atom. The topological polar surface area (TPSA) is 99.8 Å². The lowest BCUT2D eigenvalue weighted by Gasteiger charge is -2.25. The first kappa shape index (κ1) is 15.1. The third-order valence-electron chi connectivity index (χ3n) is 3.87. The van der Waals surface area contributed by atoms with Crippen LogP contribution in [0, 0.1) is 11.3 Å². The molecule has 0 amide bonds. The summed E-state index contributed by atoms with van der Waals surface area (Å²) in [7, 11) is 1.73. The molecule has 0 unspecified atom stereocenters. The quantitative estimate of drug-likeness (QED) is 0.867. The molecule has 3 rings (SSSR count). The van der Waals surface area contributed by atoms with Gasteiger partial charge in [-0.25, -0.2) is 9.97 Å². The van der Waals surface area contributed by atoms with Crippen LogP contribution in [0.2, 0.25) is 0 Å². The van der Waals surface area contributed by atoms with Crippen LogP contribution in [0.3, 0.4) is 0 Å². The van der Waals surface area contributed by atoms with Gasteiger partial charge in [-0.3, -0.25) is 0 Å². The Labute approximate surface area is 134 Å². The molecule has 0 spiro atoms. The van der Waals surface area contributed by atoms with E-state index in [2.05, 4.69) is 30.4 Å². The Balaban J connectivity index is 1.67. The van der Waals surface area contributed by atoms with E-state index in [4.69, 9.17) is 10.00 Å². The van der Waals surface area contributed by atoms with Gasteiger partial charge in [0.1, 0.15) is 24.0 Å². The molecule has 1 aliphatic heterocycles. The van der Waals surface area contributed by atoms with E-state index in [9.17, 15) is 0 Å². The summed E-state index contributed by atoms with van der Waals surface area (Å²) in [5.41, 5.74) is 0.304. The SMILES string of the molecule is CO[C@@H]1C[C@H](CNc2ccc(C#N)nn2)N(c2ccncn2)C1. The van der Waals surface area contributed by atoms with Crippen molar-refractivity contribution in [2.75, 3.05) is 30.4 Å². The second-order valence-corrected chi connectivity index (χ2v) is 5.26. The van der Waals surface area contributed by atoms with Gasteiger partial charge in [-0.1, -0.05) is 0 Å². The van der Waals surface area contributed by atoms with Crippen molar-refractivity contribution >= 4 is 11.6 Å². The summed E-state index contributed by atoms with van der Waals surface area (Å²) < 4.78 is 5.50. The summed E-state index contributed by atoms with van der Waals surface area (Å²) in [5.74, 6) is 1.53. The maximum Gasteiger partial charge on any atom is 0.163 e. The Kier molecular flexibility index (Phi) is 4.59. The number of nitrogens with zero attached hydrogens (tertiary/aromatic N) is 6. The second-order valence-electron chi connectivity index (χ2n) is 5.26. The van der Waals surface area contributed by atoms with Gasteiger partial charge in [0.15, 0.2) is 5.69 Å². The van der Waals surface area contributed by atoms with Crippen molar-refractivity contribution < 1.29 is 4.74 Å². The Morgan fingerprint density at radius 3 is 2.96 bits per heavy atom. The van der Waals surface area contributed by atoms with Crippen molar-refractivity contribution in [3.8, 4) is 6.07 Å². The lowest BCUT2D eigenvalue weighted by Crippen LogP contribution is -2.35. The molecule has 1 N–H and O–H groups in total. The van der Waals surface area contributed by atoms with Crippen molar-refractivity contribution in [3.05, 3.63) is 36.4 Å². The third-order valence-corrected chi connectivity index (χ3v) is 3.87. The molecular weight excluding hydrogens is 294 g/mol. The Bertz CT molecular complexity index is 670. The number of nitrogens with one attached hydrogen (secondary N) is 1. The van der Waals surface area contributed by atoms with Gasteiger partial charge in [0.25, 0.3) is 0 Å². The number of aromatic nitrogens is 4. The monoisotopic (exact) mass is 311 g/mol. The number of rotatable bonds is 5. The fourth-order valence-electron chi connectivity index (χ4n) is 2.68. The van der Waals surface area contributed by atoms with E-state index in [0.717, 1.165) is 18.8 Å². The molecular formula is C15H17N7O. The number of hydrogen-bond donors (Lipinski definition) is 1. The van der Waals surface area contributed by atoms with Gasteiger partial charge in [-0.15, -0.1) is 10.2 Å². The van der Waals surface area contributed by atoms with Crippen LogP contribution in [-0.4, -0.2) is 52.5 Å². The smallest absolute Gasteiger partial charge is 0.163 e. The van der Waals surface area contributed by atoms with Crippen LogP contribution in [0.1, 0.15) is 12.1 Å². The Hall–Kier alpha value is -2.79. The molecule has 1 aliphatic rings. The van der Waals surface area contributed by atoms with Crippen molar-refractivity contribution in [2.24, 2.45) is 0 Å². The minimum Gasteiger partial charge on any atom is -0.380 e. The molecule has 0 aliphatic carbocycles. The maximum atomic E-state index is 8.74. The predicted octanol–water partition coefficient (Wildman–Crippen LogP) is 0.844. The molecule has 1 fully saturated rings. The zero-order chi connectivity index (χ0) is 16.1. The van der Waals surface area contributed by atoms with E-state index in [0.29, 0.717) is 18.1 Å². The average Bonchev–Trinajstić information content (AvgIpc) is 3.04. The minimum atomic E-state index is 0.170. The maximum absolute atomic E-state index is 8.74. The van der Waals surface area contributed by atoms with Crippen molar-refractivity contribution in [1.82, 2.24) is 20.2 Å². The van der Waals surface area contributed by atoms with E-state index >= 15 is 0 Å². The molecule has 23 heavy (non-hydrogen) atoms. The first-order valence-electron chi connectivity index (χ1n) is 7.33. The lowest BCUT2D eigenvalue weighted by molar-refractivity contribution is 0.118. The highest BCUT2D eigenvalue weighted by atomic mass is 16.5. The molecule has 0 bridgehead atoms. The molecule has 0 saturated carbocycles. The zero-order valence-electron chi connectivity index (χ0n) is 12.8. The van der Waals surface area contributed by atoms with Crippen LogP contribution in [0.15, 0.2) is 30.7 Å². The fourth-order valence-corrected chi connectivity index (χ4v) is 2.68. The average molecular weight is 311 g/mol. The summed E-state index contributed by atoms with van der Waals surface area (Å²) in [6.45, 7) is 1.48. The van der Waals surface area contributed by atoms with Crippen LogP contribution in [0.5, 0.6) is 0 Å². The predicted molar refractivity (Wildman–Crippen MR) is 83.8 cm³/mol. The summed E-state index contributed by atoms with van der Waals surface area (Å²) in [5, 5.41) is 19.8. The standard InChI is InChI=1S/C15H17N7O/c1-23-13-6-12(22(9-13)15-4-5-17-10-19-15)8-18-14-3-2-11(7-16)20-21-14/h2-5,10,12-13H,6,8-9H2,1H3,(H,18,21)/t12-,13-/m1/s1. The van der Waals surface area contributed by atoms with Crippen molar-refractivity contribution in [1.29, 1.82) is 5.26 Å². The van der Waals surface area contributed by atoms with E-state index in [1.165, 1.54) is 0 Å². The normalized spacial score (nSPS) is 20.3. The first-order valence-corrected chi connectivity index (χ1v) is 7.33. The van der Waals surface area contributed by atoms with Gasteiger partial charge in [-0.05, 0) is 24.6 Å². The first-order chi connectivity index (χ1) is 11.3. The van der Waals surface area contributed by atoms with Crippen LogP contribution in [0.25, 0.3) is 0 Å². The van der Waals surface area contributed by atoms with Crippen molar-refractivity contribution in [3.63, 3.8) is 0 Å². The number of nitriles is 1. The summed E-state index contributed by atoms with van der Waals surface area (Å²) in [6.07, 6.45) is 4.35. The van der Waals surface area contributed by atoms with Gasteiger partial charge >= 0.3 is 0 Å². The number of anilines is 2. The molecule has 8 heteroatoms. The molecule has 1 saturated heterocycles. The molecule has 2 atom stereocenters. The third kappa shape index (κ3) is 3.52. The molecule has 8 nitrogen and oxygen atoms in total. The summed E-state index contributed by atoms with van der Waals surface area (Å²) >= 11 is 0. The Morgan fingerprint density at radius 1 is 1.39 bits per heavy atom.